The number of anilines is 2. The van der Waals surface area contributed by atoms with Crippen LogP contribution in [0.15, 0.2) is 6.07 Å². The van der Waals surface area contributed by atoms with E-state index in [0.29, 0.717) is 12.0 Å². The predicted octanol–water partition coefficient (Wildman–Crippen LogP) is 3.80. The smallest absolute Gasteiger partial charge is 0.136 e. The highest BCUT2D eigenvalue weighted by Crippen LogP contribution is 2.39. The van der Waals surface area contributed by atoms with Crippen LogP contribution >= 0.6 is 0 Å². The van der Waals surface area contributed by atoms with Crippen molar-refractivity contribution in [1.82, 2.24) is 9.97 Å². The molecule has 0 aromatic carbocycles. The molecule has 1 saturated carbocycles. The number of hydrogen-bond acceptors (Lipinski definition) is 4. The molecule has 0 saturated heterocycles. The summed E-state index contributed by atoms with van der Waals surface area (Å²) in [6.07, 6.45) is 4.73. The van der Waals surface area contributed by atoms with Crippen molar-refractivity contribution in [2.45, 2.75) is 65.3 Å². The van der Waals surface area contributed by atoms with Gasteiger partial charge in [0, 0.05) is 31.1 Å². The third-order valence-corrected chi connectivity index (χ3v) is 3.99. The molecule has 0 spiro atoms. The van der Waals surface area contributed by atoms with Gasteiger partial charge in [-0.1, -0.05) is 13.8 Å². The van der Waals surface area contributed by atoms with Gasteiger partial charge in [-0.15, -0.1) is 0 Å². The first-order chi connectivity index (χ1) is 9.69. The molecular weight excluding hydrogens is 248 g/mol. The minimum Gasteiger partial charge on any atom is -0.370 e. The maximum atomic E-state index is 4.82. The maximum absolute atomic E-state index is 4.82. The summed E-state index contributed by atoms with van der Waals surface area (Å²) in [5.41, 5.74) is 0. The molecule has 0 bridgehead atoms. The molecule has 1 N–H and O–H groups in total. The number of nitrogens with zero attached hydrogens (tertiary/aromatic N) is 3. The molecule has 1 heterocycles. The van der Waals surface area contributed by atoms with Crippen LogP contribution in [0.2, 0.25) is 0 Å². The topological polar surface area (TPSA) is 41.0 Å². The molecule has 1 unspecified atom stereocenters. The summed E-state index contributed by atoms with van der Waals surface area (Å²) in [7, 11) is 0. The zero-order valence-electron chi connectivity index (χ0n) is 13.3. The molecule has 1 aliphatic carbocycles. The summed E-state index contributed by atoms with van der Waals surface area (Å²) in [5.74, 6) is 3.69. The van der Waals surface area contributed by atoms with Crippen LogP contribution in [0.5, 0.6) is 0 Å². The van der Waals surface area contributed by atoms with Gasteiger partial charge in [-0.3, -0.25) is 0 Å². The largest absolute Gasteiger partial charge is 0.370 e. The van der Waals surface area contributed by atoms with Gasteiger partial charge in [-0.05, 0) is 39.5 Å². The second-order valence-electron chi connectivity index (χ2n) is 5.71. The van der Waals surface area contributed by atoms with Crippen LogP contribution in [-0.4, -0.2) is 29.1 Å². The second kappa shape index (κ2) is 6.91. The average molecular weight is 276 g/mol. The molecule has 1 fully saturated rings. The molecule has 1 aromatic rings. The second-order valence-corrected chi connectivity index (χ2v) is 5.71. The highest BCUT2D eigenvalue weighted by molar-refractivity contribution is 5.50. The van der Waals surface area contributed by atoms with Gasteiger partial charge in [0.15, 0.2) is 0 Å². The Labute approximate surface area is 123 Å². The minimum absolute atomic E-state index is 0.515. The number of rotatable bonds is 8. The third-order valence-electron chi connectivity index (χ3n) is 3.99. The Morgan fingerprint density at radius 1 is 1.30 bits per heavy atom. The monoisotopic (exact) mass is 276 g/mol. The van der Waals surface area contributed by atoms with Crippen molar-refractivity contribution in [1.29, 1.82) is 0 Å². The van der Waals surface area contributed by atoms with E-state index in [9.17, 15) is 0 Å². The number of aromatic nitrogens is 2. The fourth-order valence-corrected chi connectivity index (χ4v) is 2.39. The Balaban J connectivity index is 2.27. The van der Waals surface area contributed by atoms with E-state index >= 15 is 0 Å². The lowest BCUT2D eigenvalue weighted by atomic mass is 10.2. The standard InChI is InChI=1S/C16H28N4/c1-5-10-17-14-11-15(20(7-3)12(4)6-2)19-16(18-14)13-8-9-13/h11-13H,5-10H2,1-4H3,(H,17,18,19). The van der Waals surface area contributed by atoms with Crippen LogP contribution in [0.1, 0.15) is 65.1 Å². The van der Waals surface area contributed by atoms with Gasteiger partial charge in [0.25, 0.3) is 0 Å². The zero-order chi connectivity index (χ0) is 14.5. The van der Waals surface area contributed by atoms with Crippen LogP contribution in [0.25, 0.3) is 0 Å². The van der Waals surface area contributed by atoms with E-state index in [1.54, 1.807) is 0 Å². The summed E-state index contributed by atoms with van der Waals surface area (Å²) in [6, 6.07) is 2.62. The average Bonchev–Trinajstić information content (AvgIpc) is 3.30. The van der Waals surface area contributed by atoms with E-state index in [2.05, 4.69) is 49.0 Å². The summed E-state index contributed by atoms with van der Waals surface area (Å²) < 4.78 is 0. The zero-order valence-corrected chi connectivity index (χ0v) is 13.3. The van der Waals surface area contributed by atoms with Gasteiger partial charge in [-0.2, -0.15) is 0 Å². The normalized spacial score (nSPS) is 16.0. The van der Waals surface area contributed by atoms with Crippen molar-refractivity contribution in [3.8, 4) is 0 Å². The quantitative estimate of drug-likeness (QED) is 0.784. The summed E-state index contributed by atoms with van der Waals surface area (Å²) >= 11 is 0. The molecule has 1 aromatic heterocycles. The van der Waals surface area contributed by atoms with E-state index in [0.717, 1.165) is 43.4 Å². The van der Waals surface area contributed by atoms with Gasteiger partial charge >= 0.3 is 0 Å². The predicted molar refractivity (Wildman–Crippen MR) is 85.6 cm³/mol. The Kier molecular flexibility index (Phi) is 5.21. The minimum atomic E-state index is 0.515. The lowest BCUT2D eigenvalue weighted by Gasteiger charge is -2.29. The third kappa shape index (κ3) is 3.62. The molecule has 2 rings (SSSR count). The van der Waals surface area contributed by atoms with Crippen molar-refractivity contribution in [3.05, 3.63) is 11.9 Å². The van der Waals surface area contributed by atoms with Crippen LogP contribution in [0, 0.1) is 0 Å². The van der Waals surface area contributed by atoms with Crippen molar-refractivity contribution < 1.29 is 0 Å². The Morgan fingerprint density at radius 3 is 2.60 bits per heavy atom. The van der Waals surface area contributed by atoms with Gasteiger partial charge in [0.05, 0.1) is 0 Å². The Bertz CT molecular complexity index is 428. The summed E-state index contributed by atoms with van der Waals surface area (Å²) in [4.78, 5) is 11.9. The Morgan fingerprint density at radius 2 is 2.05 bits per heavy atom. The lowest BCUT2D eigenvalue weighted by Crippen LogP contribution is -2.33. The van der Waals surface area contributed by atoms with Crippen molar-refractivity contribution >= 4 is 11.6 Å². The van der Waals surface area contributed by atoms with Gasteiger partial charge in [0.2, 0.25) is 0 Å². The molecule has 0 amide bonds. The van der Waals surface area contributed by atoms with Gasteiger partial charge < -0.3 is 10.2 Å². The van der Waals surface area contributed by atoms with Crippen LogP contribution in [0.3, 0.4) is 0 Å². The van der Waals surface area contributed by atoms with Gasteiger partial charge in [0.1, 0.15) is 17.5 Å². The highest BCUT2D eigenvalue weighted by atomic mass is 15.2. The van der Waals surface area contributed by atoms with E-state index in [1.165, 1.54) is 12.8 Å². The molecule has 0 radical (unpaired) electrons. The fourth-order valence-electron chi connectivity index (χ4n) is 2.39. The molecule has 1 aliphatic rings. The van der Waals surface area contributed by atoms with Crippen LogP contribution < -0.4 is 10.2 Å². The summed E-state index contributed by atoms with van der Waals surface area (Å²) in [6.45, 7) is 10.8. The number of hydrogen-bond donors (Lipinski definition) is 1. The summed E-state index contributed by atoms with van der Waals surface area (Å²) in [5, 5.41) is 3.42. The molecule has 0 aliphatic heterocycles. The molecule has 112 valence electrons. The van der Waals surface area contributed by atoms with Crippen molar-refractivity contribution in [3.63, 3.8) is 0 Å². The molecular formula is C16H28N4. The maximum Gasteiger partial charge on any atom is 0.136 e. The molecule has 20 heavy (non-hydrogen) atoms. The first kappa shape index (κ1) is 15.1. The van der Waals surface area contributed by atoms with E-state index in [4.69, 9.17) is 4.98 Å². The Hall–Kier alpha value is -1.32. The van der Waals surface area contributed by atoms with Crippen molar-refractivity contribution in [2.75, 3.05) is 23.3 Å². The van der Waals surface area contributed by atoms with E-state index < -0.39 is 0 Å². The number of nitrogens with one attached hydrogen (secondary N) is 1. The molecule has 1 atom stereocenters. The van der Waals surface area contributed by atoms with Crippen LogP contribution in [0.4, 0.5) is 11.6 Å². The SMILES string of the molecule is CCCNc1cc(N(CC)C(C)CC)nc(C2CC2)n1. The first-order valence-electron chi connectivity index (χ1n) is 8.09. The van der Waals surface area contributed by atoms with Gasteiger partial charge in [-0.25, -0.2) is 9.97 Å². The molecule has 4 heteroatoms. The van der Waals surface area contributed by atoms with Crippen LogP contribution in [-0.2, 0) is 0 Å². The van der Waals surface area contributed by atoms with Crippen molar-refractivity contribution in [2.24, 2.45) is 0 Å². The fraction of sp³-hybridized carbons (Fsp3) is 0.750. The van der Waals surface area contributed by atoms with E-state index in [-0.39, 0.29) is 0 Å². The first-order valence-corrected chi connectivity index (χ1v) is 8.09. The molecule has 4 nitrogen and oxygen atoms in total. The van der Waals surface area contributed by atoms with E-state index in [1.807, 2.05) is 0 Å². The highest BCUT2D eigenvalue weighted by Gasteiger charge is 2.28. The lowest BCUT2D eigenvalue weighted by molar-refractivity contribution is 0.620.